The molecule has 1 aromatic carbocycles. The minimum absolute atomic E-state index is 0.105. The lowest BCUT2D eigenvalue weighted by Gasteiger charge is -2.19. The third-order valence-corrected chi connectivity index (χ3v) is 7.73. The molecule has 2 N–H and O–H groups in total. The fraction of sp³-hybridized carbons (Fsp3) is 0.538. The largest absolute Gasteiger partial charge is 0.399 e. The lowest BCUT2D eigenvalue weighted by molar-refractivity contribution is 0.559. The van der Waals surface area contributed by atoms with Crippen LogP contribution in [0.4, 0.5) is 5.69 Å². The molecular weight excluding hydrogens is 298 g/mol. The Hall–Kier alpha value is -1.08. The van der Waals surface area contributed by atoms with Crippen LogP contribution in [0, 0.1) is 6.92 Å². The zero-order valence-electron chi connectivity index (χ0n) is 12.2. The zero-order chi connectivity index (χ0) is 15.8. The lowest BCUT2D eigenvalue weighted by Crippen LogP contribution is -2.33. The second kappa shape index (κ2) is 5.37. The van der Waals surface area contributed by atoms with Gasteiger partial charge in [-0.15, -0.1) is 0 Å². The Morgan fingerprint density at radius 3 is 2.05 bits per heavy atom. The van der Waals surface area contributed by atoms with Crippen molar-refractivity contribution in [1.29, 1.82) is 0 Å². The van der Waals surface area contributed by atoms with E-state index in [0.717, 1.165) is 0 Å². The van der Waals surface area contributed by atoms with Crippen LogP contribution in [-0.4, -0.2) is 33.1 Å². The summed E-state index contributed by atoms with van der Waals surface area (Å²) in [5.74, 6) is -0.807. The molecule has 0 spiro atoms. The maximum Gasteiger partial charge on any atom is 0.179 e. The number of nitrogen functional groups attached to an aromatic ring is 1. The van der Waals surface area contributed by atoms with Gasteiger partial charge in [0, 0.05) is 5.69 Å². The molecule has 1 aromatic rings. The Bertz CT molecular complexity index is 698. The van der Waals surface area contributed by atoms with E-state index in [-0.39, 0.29) is 10.6 Å². The van der Waals surface area contributed by atoms with E-state index in [9.17, 15) is 16.8 Å². The summed E-state index contributed by atoms with van der Waals surface area (Å²) >= 11 is 0. The molecule has 0 saturated heterocycles. The third-order valence-electron chi connectivity index (χ3n) is 3.15. The first kappa shape index (κ1) is 17.0. The quantitative estimate of drug-likeness (QED) is 0.850. The SMILES string of the molecule is Cc1cc(S(=O)(=O)CCS(=O)(=O)C(C)(C)C)ccc1N. The normalized spacial score (nSPS) is 13.4. The molecule has 0 bridgehead atoms. The maximum absolute atomic E-state index is 12.2. The number of rotatable bonds is 4. The zero-order valence-corrected chi connectivity index (χ0v) is 13.8. The highest BCUT2D eigenvalue weighted by molar-refractivity contribution is 7.95. The molecule has 0 fully saturated rings. The van der Waals surface area contributed by atoms with Gasteiger partial charge in [0.05, 0.1) is 21.1 Å². The number of nitrogens with two attached hydrogens (primary N) is 1. The van der Waals surface area contributed by atoms with Crippen LogP contribution in [-0.2, 0) is 19.7 Å². The molecule has 0 heterocycles. The van der Waals surface area contributed by atoms with E-state index in [4.69, 9.17) is 5.73 Å². The fourth-order valence-electron chi connectivity index (χ4n) is 1.49. The van der Waals surface area contributed by atoms with E-state index in [1.54, 1.807) is 27.7 Å². The van der Waals surface area contributed by atoms with Crippen molar-refractivity contribution in [3.63, 3.8) is 0 Å². The van der Waals surface area contributed by atoms with E-state index in [2.05, 4.69) is 0 Å². The Morgan fingerprint density at radius 1 is 1.05 bits per heavy atom. The smallest absolute Gasteiger partial charge is 0.179 e. The number of anilines is 1. The Kier molecular flexibility index (Phi) is 4.55. The molecule has 1 rings (SSSR count). The molecule has 20 heavy (non-hydrogen) atoms. The van der Waals surface area contributed by atoms with Gasteiger partial charge in [-0.3, -0.25) is 0 Å². The predicted molar refractivity (Wildman–Crippen MR) is 81.2 cm³/mol. The van der Waals surface area contributed by atoms with Crippen molar-refractivity contribution in [2.75, 3.05) is 17.2 Å². The van der Waals surface area contributed by atoms with Gasteiger partial charge in [-0.25, -0.2) is 16.8 Å². The van der Waals surface area contributed by atoms with E-state index in [1.165, 1.54) is 18.2 Å². The van der Waals surface area contributed by atoms with Gasteiger partial charge in [0.15, 0.2) is 19.7 Å². The molecule has 0 saturated carbocycles. The number of hydrogen-bond donors (Lipinski definition) is 1. The molecule has 7 heteroatoms. The topological polar surface area (TPSA) is 94.3 Å². The van der Waals surface area contributed by atoms with Crippen LogP contribution in [0.25, 0.3) is 0 Å². The van der Waals surface area contributed by atoms with Gasteiger partial charge < -0.3 is 5.73 Å². The van der Waals surface area contributed by atoms with Crippen LogP contribution in [0.15, 0.2) is 23.1 Å². The maximum atomic E-state index is 12.2. The molecule has 0 aromatic heterocycles. The summed E-state index contributed by atoms with van der Waals surface area (Å²) < 4.78 is 47.3. The lowest BCUT2D eigenvalue weighted by atomic mass is 10.2. The summed E-state index contributed by atoms with van der Waals surface area (Å²) in [6, 6.07) is 4.39. The Labute approximate surface area is 121 Å². The number of benzene rings is 1. The minimum atomic E-state index is -3.63. The molecule has 0 radical (unpaired) electrons. The molecule has 5 nitrogen and oxygen atoms in total. The third kappa shape index (κ3) is 3.73. The highest BCUT2D eigenvalue weighted by atomic mass is 32.2. The van der Waals surface area contributed by atoms with Crippen molar-refractivity contribution in [2.45, 2.75) is 37.3 Å². The van der Waals surface area contributed by atoms with Gasteiger partial charge in [0.25, 0.3) is 0 Å². The van der Waals surface area contributed by atoms with Crippen molar-refractivity contribution in [1.82, 2.24) is 0 Å². The molecule has 0 amide bonds. The number of sulfone groups is 2. The molecule has 114 valence electrons. The minimum Gasteiger partial charge on any atom is -0.399 e. The second-order valence-electron chi connectivity index (χ2n) is 5.77. The van der Waals surface area contributed by atoms with Gasteiger partial charge >= 0.3 is 0 Å². The predicted octanol–water partition coefficient (Wildman–Crippen LogP) is 1.56. The highest BCUT2D eigenvalue weighted by Crippen LogP contribution is 2.20. The second-order valence-corrected chi connectivity index (χ2v) is 10.7. The summed E-state index contributed by atoms with van der Waals surface area (Å²) in [4.78, 5) is 0.105. The van der Waals surface area contributed by atoms with Crippen molar-refractivity contribution >= 4 is 25.4 Å². The summed E-state index contributed by atoms with van der Waals surface area (Å²) in [5, 5.41) is 0. The molecular formula is C13H21NO4S2. The van der Waals surface area contributed by atoms with Crippen molar-refractivity contribution in [3.8, 4) is 0 Å². The van der Waals surface area contributed by atoms with Crippen LogP contribution in [0.2, 0.25) is 0 Å². The van der Waals surface area contributed by atoms with E-state index < -0.39 is 30.2 Å². The standard InChI is InChI=1S/C13H21NO4S2/c1-10-9-11(5-6-12(10)14)19(15,16)7-8-20(17,18)13(2,3)4/h5-6,9H,7-8,14H2,1-4H3. The monoisotopic (exact) mass is 319 g/mol. The van der Waals surface area contributed by atoms with Gasteiger partial charge in [0.1, 0.15) is 0 Å². The van der Waals surface area contributed by atoms with Crippen LogP contribution >= 0.6 is 0 Å². The van der Waals surface area contributed by atoms with Crippen LogP contribution in [0.1, 0.15) is 26.3 Å². The Balaban J connectivity index is 3.00. The van der Waals surface area contributed by atoms with Crippen molar-refractivity contribution in [2.24, 2.45) is 0 Å². The summed E-state index contributed by atoms with van der Waals surface area (Å²) in [6.45, 7) is 6.38. The van der Waals surface area contributed by atoms with Crippen LogP contribution in [0.5, 0.6) is 0 Å². The van der Waals surface area contributed by atoms with Gasteiger partial charge in [-0.1, -0.05) is 0 Å². The van der Waals surface area contributed by atoms with Gasteiger partial charge in [0.2, 0.25) is 0 Å². The molecule has 0 atom stereocenters. The van der Waals surface area contributed by atoms with Gasteiger partial charge in [-0.2, -0.15) is 0 Å². The number of aryl methyl sites for hydroxylation is 1. The fourth-order valence-corrected chi connectivity index (χ4v) is 4.72. The molecule has 0 aliphatic heterocycles. The molecule has 0 aliphatic carbocycles. The van der Waals surface area contributed by atoms with Crippen molar-refractivity contribution < 1.29 is 16.8 Å². The summed E-state index contributed by atoms with van der Waals surface area (Å²) in [7, 11) is -7.09. The van der Waals surface area contributed by atoms with Gasteiger partial charge in [-0.05, 0) is 51.5 Å². The average molecular weight is 319 g/mol. The van der Waals surface area contributed by atoms with E-state index in [0.29, 0.717) is 11.3 Å². The molecule has 0 aliphatic rings. The average Bonchev–Trinajstić information content (AvgIpc) is 2.29. The first-order chi connectivity index (χ1) is 8.87. The first-order valence-corrected chi connectivity index (χ1v) is 9.48. The van der Waals surface area contributed by atoms with Crippen LogP contribution < -0.4 is 5.73 Å². The van der Waals surface area contributed by atoms with Crippen molar-refractivity contribution in [3.05, 3.63) is 23.8 Å². The van der Waals surface area contributed by atoms with E-state index in [1.807, 2.05) is 0 Å². The summed E-state index contributed by atoms with van der Waals surface area (Å²) in [5.41, 5.74) is 6.80. The Morgan fingerprint density at radius 2 is 1.60 bits per heavy atom. The highest BCUT2D eigenvalue weighted by Gasteiger charge is 2.30. The van der Waals surface area contributed by atoms with E-state index >= 15 is 0 Å². The number of hydrogen-bond acceptors (Lipinski definition) is 5. The molecule has 0 unspecified atom stereocenters. The summed E-state index contributed by atoms with van der Waals surface area (Å²) in [6.07, 6.45) is 0. The van der Waals surface area contributed by atoms with Crippen LogP contribution in [0.3, 0.4) is 0 Å². The first-order valence-electron chi connectivity index (χ1n) is 6.18.